The zero-order valence-corrected chi connectivity index (χ0v) is 13.1. The second-order valence-corrected chi connectivity index (χ2v) is 5.58. The Morgan fingerprint density at radius 2 is 1.76 bits per heavy atom. The van der Waals surface area contributed by atoms with E-state index < -0.39 is 0 Å². The van der Waals surface area contributed by atoms with Crippen molar-refractivity contribution in [3.8, 4) is 0 Å². The smallest absolute Gasteiger partial charge is 0.244 e. The maximum Gasteiger partial charge on any atom is 0.244 e. The van der Waals surface area contributed by atoms with Crippen LogP contribution in [0.15, 0.2) is 59.1 Å². The van der Waals surface area contributed by atoms with Crippen LogP contribution < -0.4 is 5.32 Å². The van der Waals surface area contributed by atoms with Gasteiger partial charge in [-0.05, 0) is 48.4 Å². The second-order valence-electron chi connectivity index (χ2n) is 4.67. The van der Waals surface area contributed by atoms with E-state index >= 15 is 0 Å². The van der Waals surface area contributed by atoms with E-state index in [2.05, 4.69) is 21.2 Å². The van der Waals surface area contributed by atoms with Crippen LogP contribution in [0.1, 0.15) is 24.1 Å². The number of hydrogen-bond donors (Lipinski definition) is 1. The lowest BCUT2D eigenvalue weighted by molar-refractivity contribution is -0.117. The highest BCUT2D eigenvalue weighted by Gasteiger charge is 2.07. The Labute approximate surface area is 131 Å². The first-order chi connectivity index (χ1) is 10.0. The van der Waals surface area contributed by atoms with Crippen molar-refractivity contribution in [2.24, 2.45) is 0 Å². The maximum atomic E-state index is 12.8. The minimum atomic E-state index is -0.285. The molecule has 2 rings (SSSR count). The van der Waals surface area contributed by atoms with Crippen LogP contribution in [0.25, 0.3) is 6.08 Å². The van der Waals surface area contributed by atoms with Gasteiger partial charge >= 0.3 is 0 Å². The van der Waals surface area contributed by atoms with Gasteiger partial charge in [-0.25, -0.2) is 4.39 Å². The molecule has 0 saturated carbocycles. The van der Waals surface area contributed by atoms with Crippen LogP contribution in [-0.4, -0.2) is 5.91 Å². The lowest BCUT2D eigenvalue weighted by Crippen LogP contribution is -2.24. The fourth-order valence-electron chi connectivity index (χ4n) is 1.84. The van der Waals surface area contributed by atoms with Crippen LogP contribution in [0.4, 0.5) is 4.39 Å². The molecule has 0 radical (unpaired) electrons. The minimum absolute atomic E-state index is 0.173. The van der Waals surface area contributed by atoms with E-state index in [0.717, 1.165) is 15.6 Å². The van der Waals surface area contributed by atoms with Crippen molar-refractivity contribution < 1.29 is 9.18 Å². The summed E-state index contributed by atoms with van der Waals surface area (Å²) < 4.78 is 13.8. The summed E-state index contributed by atoms with van der Waals surface area (Å²) in [6, 6.07) is 13.6. The fraction of sp³-hybridized carbons (Fsp3) is 0.118. The molecule has 0 aromatic heterocycles. The molecule has 0 fully saturated rings. The molecule has 2 nitrogen and oxygen atoms in total. The molecule has 1 N–H and O–H groups in total. The van der Waals surface area contributed by atoms with Crippen molar-refractivity contribution >= 4 is 27.9 Å². The summed E-state index contributed by atoms with van der Waals surface area (Å²) in [5, 5.41) is 2.84. The van der Waals surface area contributed by atoms with Gasteiger partial charge in [0.2, 0.25) is 5.91 Å². The second kappa shape index (κ2) is 7.18. The van der Waals surface area contributed by atoms with Crippen LogP contribution in [0.2, 0.25) is 0 Å². The van der Waals surface area contributed by atoms with Crippen LogP contribution in [0, 0.1) is 5.82 Å². The molecule has 0 unspecified atom stereocenters. The summed E-state index contributed by atoms with van der Waals surface area (Å²) in [4.78, 5) is 11.9. The zero-order chi connectivity index (χ0) is 15.2. The number of rotatable bonds is 4. The van der Waals surface area contributed by atoms with Gasteiger partial charge in [0.25, 0.3) is 0 Å². The van der Waals surface area contributed by atoms with E-state index in [-0.39, 0.29) is 17.8 Å². The van der Waals surface area contributed by atoms with Gasteiger partial charge in [0.1, 0.15) is 5.82 Å². The molecule has 21 heavy (non-hydrogen) atoms. The van der Waals surface area contributed by atoms with Gasteiger partial charge < -0.3 is 5.32 Å². The Morgan fingerprint density at radius 3 is 2.38 bits per heavy atom. The number of carbonyl (C=O) groups is 1. The highest BCUT2D eigenvalue weighted by Crippen LogP contribution is 2.13. The van der Waals surface area contributed by atoms with Gasteiger partial charge in [0.05, 0.1) is 6.04 Å². The molecule has 0 spiro atoms. The maximum absolute atomic E-state index is 12.8. The Kier molecular flexibility index (Phi) is 5.28. The number of halogens is 2. The number of benzene rings is 2. The minimum Gasteiger partial charge on any atom is -0.346 e. The average molecular weight is 348 g/mol. The van der Waals surface area contributed by atoms with Crippen LogP contribution >= 0.6 is 15.9 Å². The first-order valence-corrected chi connectivity index (χ1v) is 7.33. The molecule has 0 aliphatic carbocycles. The molecule has 0 bridgehead atoms. The number of nitrogens with one attached hydrogen (secondary N) is 1. The molecular formula is C17H15BrFNO. The van der Waals surface area contributed by atoms with Crippen molar-refractivity contribution in [3.05, 3.63) is 76.0 Å². The molecule has 0 saturated heterocycles. The average Bonchev–Trinajstić information content (AvgIpc) is 2.47. The summed E-state index contributed by atoms with van der Waals surface area (Å²) in [6.45, 7) is 1.86. The Morgan fingerprint density at radius 1 is 1.14 bits per heavy atom. The van der Waals surface area contributed by atoms with E-state index in [0.29, 0.717) is 0 Å². The van der Waals surface area contributed by atoms with Gasteiger partial charge in [0, 0.05) is 10.5 Å². The largest absolute Gasteiger partial charge is 0.346 e. The van der Waals surface area contributed by atoms with Crippen molar-refractivity contribution in [2.45, 2.75) is 13.0 Å². The lowest BCUT2D eigenvalue weighted by atomic mass is 10.1. The van der Waals surface area contributed by atoms with Gasteiger partial charge in [0.15, 0.2) is 0 Å². The van der Waals surface area contributed by atoms with Gasteiger partial charge in [-0.2, -0.15) is 0 Å². The normalized spacial score (nSPS) is 12.3. The van der Waals surface area contributed by atoms with E-state index in [1.165, 1.54) is 18.2 Å². The summed E-state index contributed by atoms with van der Waals surface area (Å²) >= 11 is 3.36. The predicted octanol–water partition coefficient (Wildman–Crippen LogP) is 4.48. The summed E-state index contributed by atoms with van der Waals surface area (Å²) in [7, 11) is 0. The van der Waals surface area contributed by atoms with Crippen molar-refractivity contribution in [2.75, 3.05) is 0 Å². The van der Waals surface area contributed by atoms with E-state index in [1.807, 2.05) is 31.2 Å². The number of hydrogen-bond acceptors (Lipinski definition) is 1. The first-order valence-electron chi connectivity index (χ1n) is 6.54. The molecule has 0 heterocycles. The molecule has 4 heteroatoms. The third-order valence-corrected chi connectivity index (χ3v) is 3.55. The molecule has 1 atom stereocenters. The molecule has 1 amide bonds. The van der Waals surface area contributed by atoms with Gasteiger partial charge in [-0.1, -0.05) is 40.2 Å². The Bertz CT molecular complexity index is 635. The van der Waals surface area contributed by atoms with Gasteiger partial charge in [-0.3, -0.25) is 4.79 Å². The van der Waals surface area contributed by atoms with Crippen LogP contribution in [0.5, 0.6) is 0 Å². The third kappa shape index (κ3) is 4.83. The standard InChI is InChI=1S/C17H15BrFNO/c1-12(14-5-9-16(19)10-6-14)20-17(21)11-4-13-2-7-15(18)8-3-13/h2-12H,1H3,(H,20,21)/b11-4+/t12-/m1/s1. The lowest BCUT2D eigenvalue weighted by Gasteiger charge is -2.12. The highest BCUT2D eigenvalue weighted by atomic mass is 79.9. The Balaban J connectivity index is 1.94. The quantitative estimate of drug-likeness (QED) is 0.811. The highest BCUT2D eigenvalue weighted by molar-refractivity contribution is 9.10. The number of carbonyl (C=O) groups excluding carboxylic acids is 1. The SMILES string of the molecule is C[C@@H](NC(=O)/C=C/c1ccc(Br)cc1)c1ccc(F)cc1. The van der Waals surface area contributed by atoms with Crippen molar-refractivity contribution in [3.63, 3.8) is 0 Å². The Hall–Kier alpha value is -1.94. The first kappa shape index (κ1) is 15.4. The summed E-state index contributed by atoms with van der Waals surface area (Å²) in [5.41, 5.74) is 1.81. The predicted molar refractivity (Wildman–Crippen MR) is 86.1 cm³/mol. The molecule has 0 aliphatic rings. The summed E-state index contributed by atoms with van der Waals surface area (Å²) in [6.07, 6.45) is 3.24. The van der Waals surface area contributed by atoms with Crippen LogP contribution in [-0.2, 0) is 4.79 Å². The van der Waals surface area contributed by atoms with Crippen molar-refractivity contribution in [1.29, 1.82) is 0 Å². The van der Waals surface area contributed by atoms with E-state index in [1.54, 1.807) is 18.2 Å². The van der Waals surface area contributed by atoms with Crippen molar-refractivity contribution in [1.82, 2.24) is 5.32 Å². The molecule has 0 aliphatic heterocycles. The van der Waals surface area contributed by atoms with Crippen LogP contribution in [0.3, 0.4) is 0 Å². The van der Waals surface area contributed by atoms with Gasteiger partial charge in [-0.15, -0.1) is 0 Å². The topological polar surface area (TPSA) is 29.1 Å². The fourth-order valence-corrected chi connectivity index (χ4v) is 2.11. The zero-order valence-electron chi connectivity index (χ0n) is 11.5. The monoisotopic (exact) mass is 347 g/mol. The molecular weight excluding hydrogens is 333 g/mol. The number of amides is 1. The summed E-state index contributed by atoms with van der Waals surface area (Å²) in [5.74, 6) is -0.470. The molecule has 2 aromatic rings. The molecule has 2 aromatic carbocycles. The third-order valence-electron chi connectivity index (χ3n) is 3.03. The van der Waals surface area contributed by atoms with E-state index in [4.69, 9.17) is 0 Å². The molecule has 108 valence electrons. The van der Waals surface area contributed by atoms with E-state index in [9.17, 15) is 9.18 Å².